The summed E-state index contributed by atoms with van der Waals surface area (Å²) in [7, 11) is 0. The number of aryl methyl sites for hydroxylation is 1. The second-order valence-electron chi connectivity index (χ2n) is 6.23. The lowest BCUT2D eigenvalue weighted by Gasteiger charge is -2.22. The summed E-state index contributed by atoms with van der Waals surface area (Å²) in [4.78, 5) is 24.8. The van der Waals surface area contributed by atoms with Crippen molar-refractivity contribution in [1.82, 2.24) is 5.32 Å². The van der Waals surface area contributed by atoms with E-state index in [2.05, 4.69) is 22.9 Å². The minimum atomic E-state index is -0.631. The Morgan fingerprint density at radius 2 is 1.60 bits per heavy atom. The van der Waals surface area contributed by atoms with E-state index < -0.39 is 12.1 Å². The number of para-hydroxylation sites is 1. The highest BCUT2D eigenvalue weighted by Gasteiger charge is 2.24. The van der Waals surface area contributed by atoms with Gasteiger partial charge < -0.3 is 16.0 Å². The summed E-state index contributed by atoms with van der Waals surface area (Å²) in [5, 5.41) is 8.37. The first-order valence-electron chi connectivity index (χ1n) is 8.52. The van der Waals surface area contributed by atoms with Crippen LogP contribution < -0.4 is 16.0 Å². The zero-order valence-corrected chi connectivity index (χ0v) is 14.9. The number of hydrogen-bond donors (Lipinski definition) is 3. The summed E-state index contributed by atoms with van der Waals surface area (Å²) < 4.78 is 0. The summed E-state index contributed by atoms with van der Waals surface area (Å²) in [6, 6.07) is 15.8. The van der Waals surface area contributed by atoms with Crippen molar-refractivity contribution < 1.29 is 9.59 Å². The van der Waals surface area contributed by atoms with Gasteiger partial charge in [-0.3, -0.25) is 4.79 Å². The maximum absolute atomic E-state index is 12.6. The quantitative estimate of drug-likeness (QED) is 0.743. The number of carbonyl (C=O) groups is 2. The van der Waals surface area contributed by atoms with Crippen LogP contribution in [0.2, 0.25) is 0 Å². The number of carbonyl (C=O) groups excluding carboxylic acids is 2. The van der Waals surface area contributed by atoms with E-state index in [0.717, 1.165) is 17.7 Å². The first-order valence-corrected chi connectivity index (χ1v) is 8.52. The molecule has 2 aromatic rings. The zero-order chi connectivity index (χ0) is 18.2. The maximum atomic E-state index is 12.6. The van der Waals surface area contributed by atoms with E-state index in [-0.39, 0.29) is 11.8 Å². The second kappa shape index (κ2) is 8.87. The van der Waals surface area contributed by atoms with Crippen molar-refractivity contribution in [3.05, 3.63) is 60.2 Å². The Hall–Kier alpha value is -2.82. The van der Waals surface area contributed by atoms with Crippen LogP contribution in [0.25, 0.3) is 0 Å². The molecule has 0 aliphatic carbocycles. The molecule has 0 radical (unpaired) electrons. The number of nitrogens with one attached hydrogen (secondary N) is 3. The smallest absolute Gasteiger partial charge is 0.319 e. The fourth-order valence-electron chi connectivity index (χ4n) is 2.45. The molecule has 3 amide bonds. The number of rotatable bonds is 6. The van der Waals surface area contributed by atoms with E-state index in [1.165, 1.54) is 0 Å². The van der Waals surface area contributed by atoms with Crippen LogP contribution in [0.5, 0.6) is 0 Å². The molecule has 0 heterocycles. The van der Waals surface area contributed by atoms with E-state index in [1.54, 1.807) is 12.1 Å². The summed E-state index contributed by atoms with van der Waals surface area (Å²) in [5.74, 6) is -0.276. The van der Waals surface area contributed by atoms with E-state index in [4.69, 9.17) is 0 Å². The number of amides is 3. The molecule has 5 nitrogen and oxygen atoms in total. The Morgan fingerprint density at radius 3 is 2.24 bits per heavy atom. The van der Waals surface area contributed by atoms with Gasteiger partial charge in [-0.1, -0.05) is 51.1 Å². The number of benzene rings is 2. The minimum Gasteiger partial charge on any atom is -0.326 e. The van der Waals surface area contributed by atoms with Gasteiger partial charge in [0.15, 0.2) is 0 Å². The van der Waals surface area contributed by atoms with Crippen molar-refractivity contribution in [3.8, 4) is 0 Å². The molecule has 2 aromatic carbocycles. The van der Waals surface area contributed by atoms with Crippen molar-refractivity contribution >= 4 is 23.3 Å². The number of anilines is 2. The topological polar surface area (TPSA) is 70.2 Å². The summed E-state index contributed by atoms with van der Waals surface area (Å²) in [6.07, 6.45) is 0.898. The fourth-order valence-corrected chi connectivity index (χ4v) is 2.45. The molecule has 0 aliphatic heterocycles. The van der Waals surface area contributed by atoms with Crippen LogP contribution in [0.1, 0.15) is 26.3 Å². The van der Waals surface area contributed by atoms with Gasteiger partial charge in [0.05, 0.1) is 0 Å². The van der Waals surface area contributed by atoms with Crippen molar-refractivity contribution in [1.29, 1.82) is 0 Å². The number of urea groups is 1. The van der Waals surface area contributed by atoms with E-state index in [1.807, 2.05) is 56.3 Å². The fraction of sp³-hybridized carbons (Fsp3) is 0.300. The highest BCUT2D eigenvalue weighted by atomic mass is 16.2. The van der Waals surface area contributed by atoms with Gasteiger partial charge in [-0.05, 0) is 42.2 Å². The highest BCUT2D eigenvalue weighted by Crippen LogP contribution is 2.13. The Kier molecular flexibility index (Phi) is 6.57. The van der Waals surface area contributed by atoms with Gasteiger partial charge in [0.1, 0.15) is 6.04 Å². The molecule has 0 aromatic heterocycles. The van der Waals surface area contributed by atoms with E-state index >= 15 is 0 Å². The lowest BCUT2D eigenvalue weighted by atomic mass is 10.0. The molecular weight excluding hydrogens is 314 g/mol. The molecular formula is C20H25N3O2. The van der Waals surface area contributed by atoms with Crippen LogP contribution in [0.15, 0.2) is 54.6 Å². The normalized spacial score (nSPS) is 11.7. The van der Waals surface area contributed by atoms with Crippen LogP contribution in [-0.4, -0.2) is 18.0 Å². The third-order valence-corrected chi connectivity index (χ3v) is 3.87. The molecule has 132 valence electrons. The molecule has 0 saturated heterocycles. The van der Waals surface area contributed by atoms with E-state index in [9.17, 15) is 9.59 Å². The predicted molar refractivity (Wildman–Crippen MR) is 102 cm³/mol. The molecule has 1 unspecified atom stereocenters. The molecule has 1 atom stereocenters. The van der Waals surface area contributed by atoms with Gasteiger partial charge in [0.25, 0.3) is 0 Å². The summed E-state index contributed by atoms with van der Waals surface area (Å²) in [5.41, 5.74) is 2.56. The van der Waals surface area contributed by atoms with E-state index in [0.29, 0.717) is 5.69 Å². The van der Waals surface area contributed by atoms with Crippen LogP contribution in [0.4, 0.5) is 16.2 Å². The molecule has 3 N–H and O–H groups in total. The van der Waals surface area contributed by atoms with Gasteiger partial charge in [-0.2, -0.15) is 0 Å². The Morgan fingerprint density at radius 1 is 0.920 bits per heavy atom. The third-order valence-electron chi connectivity index (χ3n) is 3.87. The monoisotopic (exact) mass is 339 g/mol. The lowest BCUT2D eigenvalue weighted by molar-refractivity contribution is -0.118. The highest BCUT2D eigenvalue weighted by molar-refractivity contribution is 5.99. The lowest BCUT2D eigenvalue weighted by Crippen LogP contribution is -2.48. The predicted octanol–water partition coefficient (Wildman–Crippen LogP) is 4.03. The van der Waals surface area contributed by atoms with Crippen molar-refractivity contribution in [2.75, 3.05) is 10.6 Å². The summed E-state index contributed by atoms with van der Waals surface area (Å²) in [6.45, 7) is 5.86. The molecule has 5 heteroatoms. The minimum absolute atomic E-state index is 0.0455. The van der Waals surface area contributed by atoms with Gasteiger partial charge in [-0.25, -0.2) is 4.79 Å². The average Bonchev–Trinajstić information content (AvgIpc) is 2.60. The molecule has 0 saturated carbocycles. The van der Waals surface area contributed by atoms with Gasteiger partial charge in [0, 0.05) is 11.4 Å². The average molecular weight is 339 g/mol. The first kappa shape index (κ1) is 18.5. The van der Waals surface area contributed by atoms with Gasteiger partial charge >= 0.3 is 6.03 Å². The van der Waals surface area contributed by atoms with Gasteiger partial charge in [-0.15, -0.1) is 0 Å². The van der Waals surface area contributed by atoms with Crippen LogP contribution in [-0.2, 0) is 11.2 Å². The van der Waals surface area contributed by atoms with Crippen LogP contribution in [0.3, 0.4) is 0 Å². The molecule has 0 bridgehead atoms. The molecule has 2 rings (SSSR count). The third kappa shape index (κ3) is 5.64. The second-order valence-corrected chi connectivity index (χ2v) is 6.23. The molecule has 0 fully saturated rings. The zero-order valence-electron chi connectivity index (χ0n) is 14.9. The first-order chi connectivity index (χ1) is 12.0. The van der Waals surface area contributed by atoms with Crippen LogP contribution >= 0.6 is 0 Å². The van der Waals surface area contributed by atoms with Crippen LogP contribution in [0, 0.1) is 5.92 Å². The summed E-state index contributed by atoms with van der Waals surface area (Å²) >= 11 is 0. The molecule has 25 heavy (non-hydrogen) atoms. The Bertz CT molecular complexity index is 714. The molecule has 0 aliphatic rings. The van der Waals surface area contributed by atoms with Crippen molar-refractivity contribution in [2.24, 2.45) is 5.92 Å². The maximum Gasteiger partial charge on any atom is 0.319 e. The Labute approximate surface area is 148 Å². The SMILES string of the molecule is CCc1cccc(NC(=O)C(NC(=O)Nc2ccccc2)C(C)C)c1. The standard InChI is InChI=1S/C20H25N3O2/c1-4-15-9-8-12-17(13-15)21-19(24)18(14(2)3)23-20(25)22-16-10-6-5-7-11-16/h5-14,18H,4H2,1-3H3,(H,21,24)(H2,22,23,25). The number of hydrogen-bond acceptors (Lipinski definition) is 2. The molecule has 0 spiro atoms. The Balaban J connectivity index is 2.01. The van der Waals surface area contributed by atoms with Crippen molar-refractivity contribution in [2.45, 2.75) is 33.2 Å². The van der Waals surface area contributed by atoms with Crippen molar-refractivity contribution in [3.63, 3.8) is 0 Å². The van der Waals surface area contributed by atoms with Gasteiger partial charge in [0.2, 0.25) is 5.91 Å². The largest absolute Gasteiger partial charge is 0.326 e.